The van der Waals surface area contributed by atoms with Crippen molar-refractivity contribution in [2.24, 2.45) is 5.41 Å². The molecule has 0 aromatic carbocycles. The SMILES string of the molecule is CCCC1(CN(CC)CCOC)CCNC1. The van der Waals surface area contributed by atoms with Gasteiger partial charge in [0.05, 0.1) is 6.61 Å². The molecule has 1 fully saturated rings. The number of rotatable bonds is 8. The van der Waals surface area contributed by atoms with E-state index in [0.29, 0.717) is 5.41 Å². The van der Waals surface area contributed by atoms with Gasteiger partial charge < -0.3 is 15.0 Å². The summed E-state index contributed by atoms with van der Waals surface area (Å²) in [6, 6.07) is 0. The molecular formula is C13H28N2O. The van der Waals surface area contributed by atoms with Crippen LogP contribution < -0.4 is 5.32 Å². The topological polar surface area (TPSA) is 24.5 Å². The minimum atomic E-state index is 0.526. The molecule has 0 bridgehead atoms. The third kappa shape index (κ3) is 4.04. The van der Waals surface area contributed by atoms with Gasteiger partial charge in [0.25, 0.3) is 0 Å². The summed E-state index contributed by atoms with van der Waals surface area (Å²) in [5.41, 5.74) is 0.526. The van der Waals surface area contributed by atoms with Crippen LogP contribution in [0.5, 0.6) is 0 Å². The lowest BCUT2D eigenvalue weighted by Crippen LogP contribution is -2.40. The minimum absolute atomic E-state index is 0.526. The molecular weight excluding hydrogens is 200 g/mol. The molecule has 0 aromatic rings. The molecule has 1 saturated heterocycles. The van der Waals surface area contributed by atoms with E-state index >= 15 is 0 Å². The fraction of sp³-hybridized carbons (Fsp3) is 1.00. The van der Waals surface area contributed by atoms with Crippen LogP contribution in [-0.4, -0.2) is 51.3 Å². The van der Waals surface area contributed by atoms with Gasteiger partial charge >= 0.3 is 0 Å². The highest BCUT2D eigenvalue weighted by Gasteiger charge is 2.34. The van der Waals surface area contributed by atoms with E-state index in [4.69, 9.17) is 4.74 Å². The normalized spacial score (nSPS) is 25.5. The molecule has 1 aliphatic rings. The van der Waals surface area contributed by atoms with Crippen LogP contribution in [0.2, 0.25) is 0 Å². The second-order valence-corrected chi connectivity index (χ2v) is 5.04. The van der Waals surface area contributed by atoms with E-state index in [9.17, 15) is 0 Å². The van der Waals surface area contributed by atoms with Crippen LogP contribution in [0.1, 0.15) is 33.1 Å². The van der Waals surface area contributed by atoms with E-state index in [1.54, 1.807) is 7.11 Å². The van der Waals surface area contributed by atoms with Crippen molar-refractivity contribution < 1.29 is 4.74 Å². The van der Waals surface area contributed by atoms with Gasteiger partial charge in [0.1, 0.15) is 0 Å². The maximum atomic E-state index is 5.17. The Morgan fingerprint density at radius 3 is 2.69 bits per heavy atom. The van der Waals surface area contributed by atoms with Crippen molar-refractivity contribution in [2.75, 3.05) is 46.4 Å². The quantitative estimate of drug-likeness (QED) is 0.685. The molecule has 96 valence electrons. The second kappa shape index (κ2) is 7.25. The van der Waals surface area contributed by atoms with Crippen LogP contribution in [0.15, 0.2) is 0 Å². The first-order valence-corrected chi connectivity index (χ1v) is 6.68. The first kappa shape index (κ1) is 13.9. The lowest BCUT2D eigenvalue weighted by atomic mass is 9.82. The first-order valence-electron chi connectivity index (χ1n) is 6.68. The molecule has 3 nitrogen and oxygen atoms in total. The fourth-order valence-electron chi connectivity index (χ4n) is 2.80. The predicted molar refractivity (Wildman–Crippen MR) is 68.8 cm³/mol. The van der Waals surface area contributed by atoms with Crippen molar-refractivity contribution >= 4 is 0 Å². The van der Waals surface area contributed by atoms with E-state index in [0.717, 1.165) is 19.7 Å². The zero-order valence-corrected chi connectivity index (χ0v) is 11.2. The minimum Gasteiger partial charge on any atom is -0.383 e. The van der Waals surface area contributed by atoms with Crippen molar-refractivity contribution in [3.05, 3.63) is 0 Å². The lowest BCUT2D eigenvalue weighted by molar-refractivity contribution is 0.111. The smallest absolute Gasteiger partial charge is 0.0589 e. The molecule has 1 aliphatic heterocycles. The van der Waals surface area contributed by atoms with Crippen molar-refractivity contribution in [1.29, 1.82) is 0 Å². The zero-order chi connectivity index (χ0) is 11.9. The van der Waals surface area contributed by atoms with E-state index < -0.39 is 0 Å². The molecule has 0 aromatic heterocycles. The average Bonchev–Trinajstić information content (AvgIpc) is 2.73. The number of hydrogen-bond acceptors (Lipinski definition) is 3. The number of methoxy groups -OCH3 is 1. The fourth-order valence-corrected chi connectivity index (χ4v) is 2.80. The van der Waals surface area contributed by atoms with Gasteiger partial charge in [0.2, 0.25) is 0 Å². The Kier molecular flexibility index (Phi) is 6.32. The standard InChI is InChI=1S/C13H28N2O/c1-4-6-13(7-8-14-11-13)12-15(5-2)9-10-16-3/h14H,4-12H2,1-3H3. The highest BCUT2D eigenvalue weighted by molar-refractivity contribution is 4.90. The summed E-state index contributed by atoms with van der Waals surface area (Å²) in [4.78, 5) is 2.53. The molecule has 1 heterocycles. The molecule has 3 heteroatoms. The molecule has 1 atom stereocenters. The number of likely N-dealkylation sites (N-methyl/N-ethyl adjacent to an activating group) is 1. The zero-order valence-electron chi connectivity index (χ0n) is 11.2. The Hall–Kier alpha value is -0.120. The number of hydrogen-bond donors (Lipinski definition) is 1. The molecule has 1 N–H and O–H groups in total. The van der Waals surface area contributed by atoms with Crippen LogP contribution >= 0.6 is 0 Å². The molecule has 16 heavy (non-hydrogen) atoms. The lowest BCUT2D eigenvalue weighted by Gasteiger charge is -2.34. The van der Waals surface area contributed by atoms with E-state index in [-0.39, 0.29) is 0 Å². The van der Waals surface area contributed by atoms with E-state index in [2.05, 4.69) is 24.1 Å². The van der Waals surface area contributed by atoms with Crippen molar-refractivity contribution in [3.8, 4) is 0 Å². The molecule has 0 spiro atoms. The third-order valence-corrected chi connectivity index (χ3v) is 3.73. The highest BCUT2D eigenvalue weighted by Crippen LogP contribution is 2.31. The van der Waals surface area contributed by atoms with Crippen molar-refractivity contribution in [1.82, 2.24) is 10.2 Å². The van der Waals surface area contributed by atoms with Gasteiger partial charge in [-0.25, -0.2) is 0 Å². The second-order valence-electron chi connectivity index (χ2n) is 5.04. The molecule has 1 unspecified atom stereocenters. The van der Waals surface area contributed by atoms with Gasteiger partial charge in [0, 0.05) is 26.7 Å². The first-order chi connectivity index (χ1) is 7.76. The van der Waals surface area contributed by atoms with E-state index in [1.807, 2.05) is 0 Å². The molecule has 0 amide bonds. The van der Waals surface area contributed by atoms with Gasteiger partial charge in [-0.2, -0.15) is 0 Å². The largest absolute Gasteiger partial charge is 0.383 e. The van der Waals surface area contributed by atoms with Gasteiger partial charge in [-0.1, -0.05) is 20.3 Å². The van der Waals surface area contributed by atoms with Crippen LogP contribution in [0.25, 0.3) is 0 Å². The monoisotopic (exact) mass is 228 g/mol. The Morgan fingerprint density at radius 1 is 1.38 bits per heavy atom. The van der Waals surface area contributed by atoms with Crippen molar-refractivity contribution in [3.63, 3.8) is 0 Å². The summed E-state index contributed by atoms with van der Waals surface area (Å²) >= 11 is 0. The number of ether oxygens (including phenoxy) is 1. The van der Waals surface area contributed by atoms with Crippen LogP contribution in [0.4, 0.5) is 0 Å². The molecule has 0 saturated carbocycles. The Morgan fingerprint density at radius 2 is 2.19 bits per heavy atom. The van der Waals surface area contributed by atoms with E-state index in [1.165, 1.54) is 38.9 Å². The highest BCUT2D eigenvalue weighted by atomic mass is 16.5. The molecule has 1 rings (SSSR count). The maximum Gasteiger partial charge on any atom is 0.0589 e. The van der Waals surface area contributed by atoms with Gasteiger partial charge in [-0.05, 0) is 31.3 Å². The number of nitrogens with zero attached hydrogens (tertiary/aromatic N) is 1. The third-order valence-electron chi connectivity index (χ3n) is 3.73. The van der Waals surface area contributed by atoms with Crippen LogP contribution in [0, 0.1) is 5.41 Å². The molecule has 0 aliphatic carbocycles. The number of nitrogens with one attached hydrogen (secondary N) is 1. The van der Waals surface area contributed by atoms with Gasteiger partial charge in [-0.15, -0.1) is 0 Å². The Balaban J connectivity index is 2.45. The van der Waals surface area contributed by atoms with Crippen molar-refractivity contribution in [2.45, 2.75) is 33.1 Å². The van der Waals surface area contributed by atoms with Gasteiger partial charge in [0.15, 0.2) is 0 Å². The summed E-state index contributed by atoms with van der Waals surface area (Å²) in [7, 11) is 1.78. The van der Waals surface area contributed by atoms with Crippen LogP contribution in [-0.2, 0) is 4.74 Å². The summed E-state index contributed by atoms with van der Waals surface area (Å²) in [5.74, 6) is 0. The maximum absolute atomic E-state index is 5.17. The summed E-state index contributed by atoms with van der Waals surface area (Å²) in [6.45, 7) is 11.2. The summed E-state index contributed by atoms with van der Waals surface area (Å²) in [6.07, 6.45) is 3.98. The Bertz CT molecular complexity index is 179. The molecule has 0 radical (unpaired) electrons. The van der Waals surface area contributed by atoms with Crippen LogP contribution in [0.3, 0.4) is 0 Å². The summed E-state index contributed by atoms with van der Waals surface area (Å²) < 4.78 is 5.17. The Labute approximate surface area is 101 Å². The van der Waals surface area contributed by atoms with Gasteiger partial charge in [-0.3, -0.25) is 0 Å². The summed E-state index contributed by atoms with van der Waals surface area (Å²) in [5, 5.41) is 3.53. The average molecular weight is 228 g/mol. The predicted octanol–water partition coefficient (Wildman–Crippen LogP) is 1.73.